The van der Waals surface area contributed by atoms with Crippen LogP contribution in [0.5, 0.6) is 0 Å². The zero-order valence-corrected chi connectivity index (χ0v) is 16.6. The average Bonchev–Trinajstić information content (AvgIpc) is 2.74. The van der Waals surface area contributed by atoms with Crippen LogP contribution in [0.1, 0.15) is 32.0 Å². The summed E-state index contributed by atoms with van der Waals surface area (Å²) in [5.41, 5.74) is 4.83. The Labute approximate surface area is 174 Å². The van der Waals surface area contributed by atoms with E-state index in [1.165, 1.54) is 0 Å². The fourth-order valence-corrected chi connectivity index (χ4v) is 3.18. The van der Waals surface area contributed by atoms with Gasteiger partial charge in [-0.05, 0) is 61.9 Å². The Hall–Kier alpha value is -4.06. The lowest BCUT2D eigenvalue weighted by Gasteiger charge is -2.11. The van der Waals surface area contributed by atoms with E-state index in [-0.39, 0.29) is 11.8 Å². The molecule has 0 spiro atoms. The van der Waals surface area contributed by atoms with Crippen LogP contribution < -0.4 is 10.6 Å². The number of benzene rings is 2. The van der Waals surface area contributed by atoms with Crippen molar-refractivity contribution in [3.8, 4) is 0 Å². The van der Waals surface area contributed by atoms with Gasteiger partial charge in [0.1, 0.15) is 0 Å². The quantitative estimate of drug-likeness (QED) is 0.521. The molecule has 0 saturated heterocycles. The number of fused-ring (bicyclic) bond motifs is 1. The first-order valence-corrected chi connectivity index (χ1v) is 9.50. The van der Waals surface area contributed by atoms with E-state index < -0.39 is 0 Å². The summed E-state index contributed by atoms with van der Waals surface area (Å²) >= 11 is 0. The lowest BCUT2D eigenvalue weighted by molar-refractivity contribution is 0.101. The van der Waals surface area contributed by atoms with Gasteiger partial charge in [0, 0.05) is 34.7 Å². The first-order chi connectivity index (χ1) is 14.5. The Bertz CT molecular complexity index is 1250. The molecule has 148 valence electrons. The topological polar surface area (TPSA) is 84.0 Å². The first-order valence-electron chi connectivity index (χ1n) is 9.50. The highest BCUT2D eigenvalue weighted by atomic mass is 16.2. The third-order valence-electron chi connectivity index (χ3n) is 4.73. The van der Waals surface area contributed by atoms with Crippen molar-refractivity contribution in [2.24, 2.45) is 0 Å². The fourth-order valence-electron chi connectivity index (χ4n) is 3.18. The predicted molar refractivity (Wildman–Crippen MR) is 118 cm³/mol. The van der Waals surface area contributed by atoms with Crippen LogP contribution in [-0.4, -0.2) is 21.8 Å². The summed E-state index contributed by atoms with van der Waals surface area (Å²) in [6.45, 7) is 3.83. The van der Waals surface area contributed by atoms with Gasteiger partial charge in [0.05, 0.1) is 16.8 Å². The largest absolute Gasteiger partial charge is 0.322 e. The third kappa shape index (κ3) is 4.17. The predicted octanol–water partition coefficient (Wildman–Crippen LogP) is 4.75. The first kappa shape index (κ1) is 19.3. The van der Waals surface area contributed by atoms with Crippen molar-refractivity contribution in [2.45, 2.75) is 13.8 Å². The Morgan fingerprint density at radius 1 is 0.800 bits per heavy atom. The molecule has 2 aromatic heterocycles. The standard InChI is InChI=1S/C24H20N4O2/c1-15-6-7-18-13-21(16(2)26-22(18)12-15)24(30)28-20-5-3-4-19(14-20)27-23(29)17-8-10-25-11-9-17/h3-14H,1-2H3,(H,27,29)(H,28,30). The molecule has 0 fully saturated rings. The summed E-state index contributed by atoms with van der Waals surface area (Å²) in [4.78, 5) is 33.7. The lowest BCUT2D eigenvalue weighted by Crippen LogP contribution is -2.15. The highest BCUT2D eigenvalue weighted by Crippen LogP contribution is 2.21. The molecule has 2 aromatic carbocycles. The molecule has 0 aliphatic heterocycles. The number of nitrogens with zero attached hydrogens (tertiary/aromatic N) is 2. The van der Waals surface area contributed by atoms with Crippen molar-refractivity contribution in [2.75, 3.05) is 10.6 Å². The van der Waals surface area contributed by atoms with Crippen molar-refractivity contribution in [1.29, 1.82) is 0 Å². The molecular weight excluding hydrogens is 376 g/mol. The van der Waals surface area contributed by atoms with Crippen LogP contribution in [0.2, 0.25) is 0 Å². The molecular formula is C24H20N4O2. The molecule has 0 aliphatic rings. The number of amides is 2. The minimum atomic E-state index is -0.250. The zero-order valence-electron chi connectivity index (χ0n) is 16.6. The van der Waals surface area contributed by atoms with Gasteiger partial charge < -0.3 is 10.6 Å². The molecule has 0 saturated carbocycles. The molecule has 4 rings (SSSR count). The van der Waals surface area contributed by atoms with Crippen molar-refractivity contribution in [3.05, 3.63) is 95.4 Å². The van der Waals surface area contributed by atoms with E-state index in [4.69, 9.17) is 0 Å². The maximum Gasteiger partial charge on any atom is 0.257 e. The number of hydrogen-bond acceptors (Lipinski definition) is 4. The number of nitrogens with one attached hydrogen (secondary N) is 2. The minimum absolute atomic E-state index is 0.245. The van der Waals surface area contributed by atoms with Crippen LogP contribution in [-0.2, 0) is 0 Å². The summed E-state index contributed by atoms with van der Waals surface area (Å²) in [6, 6.07) is 18.1. The number of carbonyl (C=O) groups excluding carboxylic acids is 2. The zero-order chi connectivity index (χ0) is 21.1. The molecule has 30 heavy (non-hydrogen) atoms. The second-order valence-electron chi connectivity index (χ2n) is 7.04. The Kier molecular flexibility index (Phi) is 5.22. The van der Waals surface area contributed by atoms with E-state index in [0.717, 1.165) is 16.5 Å². The second kappa shape index (κ2) is 8.13. The van der Waals surface area contributed by atoms with E-state index in [0.29, 0.717) is 28.2 Å². The Balaban J connectivity index is 1.53. The highest BCUT2D eigenvalue weighted by Gasteiger charge is 2.13. The summed E-state index contributed by atoms with van der Waals surface area (Å²) in [5.74, 6) is -0.495. The van der Waals surface area contributed by atoms with Gasteiger partial charge in [-0.25, -0.2) is 0 Å². The Morgan fingerprint density at radius 3 is 2.23 bits per heavy atom. The van der Waals surface area contributed by atoms with Gasteiger partial charge in [-0.2, -0.15) is 0 Å². The summed E-state index contributed by atoms with van der Waals surface area (Å²) in [6.07, 6.45) is 3.12. The van der Waals surface area contributed by atoms with Crippen LogP contribution in [0.15, 0.2) is 73.1 Å². The molecule has 0 bridgehead atoms. The molecule has 4 aromatic rings. The van der Waals surface area contributed by atoms with Crippen molar-refractivity contribution >= 4 is 34.1 Å². The Morgan fingerprint density at radius 2 is 1.50 bits per heavy atom. The number of carbonyl (C=O) groups is 2. The fraction of sp³-hybridized carbons (Fsp3) is 0.0833. The monoisotopic (exact) mass is 396 g/mol. The number of aryl methyl sites for hydroxylation is 2. The molecule has 2 heterocycles. The highest BCUT2D eigenvalue weighted by molar-refractivity contribution is 6.08. The van der Waals surface area contributed by atoms with Crippen LogP contribution in [0.3, 0.4) is 0 Å². The number of aromatic nitrogens is 2. The molecule has 2 N–H and O–H groups in total. The normalized spacial score (nSPS) is 10.6. The SMILES string of the molecule is Cc1ccc2cc(C(=O)Nc3cccc(NC(=O)c4ccncc4)c3)c(C)nc2c1. The smallest absolute Gasteiger partial charge is 0.257 e. The molecule has 0 radical (unpaired) electrons. The molecule has 0 aliphatic carbocycles. The molecule has 2 amide bonds. The van der Waals surface area contributed by atoms with Crippen LogP contribution in [0.25, 0.3) is 10.9 Å². The molecule has 6 heteroatoms. The van der Waals surface area contributed by atoms with Crippen molar-refractivity contribution < 1.29 is 9.59 Å². The van der Waals surface area contributed by atoms with Crippen molar-refractivity contribution in [1.82, 2.24) is 9.97 Å². The number of rotatable bonds is 4. The van der Waals surface area contributed by atoms with Gasteiger partial charge in [0.15, 0.2) is 0 Å². The average molecular weight is 396 g/mol. The van der Waals surface area contributed by atoms with Crippen LogP contribution >= 0.6 is 0 Å². The van der Waals surface area contributed by atoms with Gasteiger partial charge in [-0.15, -0.1) is 0 Å². The molecule has 6 nitrogen and oxygen atoms in total. The van der Waals surface area contributed by atoms with E-state index in [9.17, 15) is 9.59 Å². The maximum absolute atomic E-state index is 12.9. The number of anilines is 2. The van der Waals surface area contributed by atoms with E-state index in [2.05, 4.69) is 20.6 Å². The van der Waals surface area contributed by atoms with Gasteiger partial charge in [-0.3, -0.25) is 19.6 Å². The van der Waals surface area contributed by atoms with E-state index >= 15 is 0 Å². The molecule has 0 atom stereocenters. The van der Waals surface area contributed by atoms with E-state index in [1.807, 2.05) is 38.1 Å². The van der Waals surface area contributed by atoms with E-state index in [1.54, 1.807) is 48.8 Å². The van der Waals surface area contributed by atoms with Crippen molar-refractivity contribution in [3.63, 3.8) is 0 Å². The lowest BCUT2D eigenvalue weighted by atomic mass is 10.1. The van der Waals surface area contributed by atoms with Crippen LogP contribution in [0, 0.1) is 13.8 Å². The minimum Gasteiger partial charge on any atom is -0.322 e. The van der Waals surface area contributed by atoms with Gasteiger partial charge >= 0.3 is 0 Å². The maximum atomic E-state index is 12.9. The summed E-state index contributed by atoms with van der Waals surface area (Å²) in [5, 5.41) is 6.62. The third-order valence-corrected chi connectivity index (χ3v) is 4.73. The molecule has 0 unspecified atom stereocenters. The summed E-state index contributed by atoms with van der Waals surface area (Å²) in [7, 11) is 0. The van der Waals surface area contributed by atoms with Gasteiger partial charge in [0.25, 0.3) is 11.8 Å². The number of hydrogen-bond donors (Lipinski definition) is 2. The van der Waals surface area contributed by atoms with Crippen LogP contribution in [0.4, 0.5) is 11.4 Å². The second-order valence-corrected chi connectivity index (χ2v) is 7.04. The van der Waals surface area contributed by atoms with Gasteiger partial charge in [-0.1, -0.05) is 18.2 Å². The van der Waals surface area contributed by atoms with Gasteiger partial charge in [0.2, 0.25) is 0 Å². The summed E-state index contributed by atoms with van der Waals surface area (Å²) < 4.78 is 0. The number of pyridine rings is 2.